The summed E-state index contributed by atoms with van der Waals surface area (Å²) in [4.78, 5) is 17.3. The molecule has 0 aromatic heterocycles. The first-order valence-electron chi connectivity index (χ1n) is 11.7. The highest BCUT2D eigenvalue weighted by Gasteiger charge is 2.22. The van der Waals surface area contributed by atoms with E-state index in [-0.39, 0.29) is 5.91 Å². The molecule has 4 nitrogen and oxygen atoms in total. The molecule has 1 fully saturated rings. The minimum Gasteiger partial charge on any atom is -0.352 e. The molecule has 1 aliphatic rings. The second-order valence-corrected chi connectivity index (χ2v) is 8.57. The third-order valence-electron chi connectivity index (χ3n) is 6.29. The molecule has 1 N–H and O–H groups in total. The van der Waals surface area contributed by atoms with Crippen LogP contribution < -0.4 is 10.2 Å². The van der Waals surface area contributed by atoms with Crippen LogP contribution in [0, 0.1) is 5.92 Å². The van der Waals surface area contributed by atoms with E-state index < -0.39 is 0 Å². The largest absolute Gasteiger partial charge is 0.352 e. The molecule has 0 unspecified atom stereocenters. The summed E-state index contributed by atoms with van der Waals surface area (Å²) >= 11 is 0. The number of benzene rings is 3. The van der Waals surface area contributed by atoms with Crippen LogP contribution in [0.5, 0.6) is 0 Å². The first-order valence-corrected chi connectivity index (χ1v) is 11.7. The molecule has 1 heterocycles. The van der Waals surface area contributed by atoms with Gasteiger partial charge in [-0.3, -0.25) is 4.79 Å². The molecule has 4 rings (SSSR count). The predicted molar refractivity (Wildman–Crippen MR) is 132 cm³/mol. The fourth-order valence-electron chi connectivity index (χ4n) is 4.41. The van der Waals surface area contributed by atoms with Crippen LogP contribution in [0.1, 0.15) is 24.8 Å². The Labute approximate surface area is 191 Å². The van der Waals surface area contributed by atoms with Crippen molar-refractivity contribution in [2.75, 3.05) is 31.1 Å². The second kappa shape index (κ2) is 11.5. The first-order chi connectivity index (χ1) is 15.8. The van der Waals surface area contributed by atoms with Crippen molar-refractivity contribution in [1.29, 1.82) is 0 Å². The predicted octanol–water partition coefficient (Wildman–Crippen LogP) is 5.24. The number of para-hydroxylation sites is 2. The smallest absolute Gasteiger partial charge is 0.220 e. The van der Waals surface area contributed by atoms with E-state index in [0.29, 0.717) is 18.9 Å². The Kier molecular flexibility index (Phi) is 7.94. The first kappa shape index (κ1) is 22.1. The van der Waals surface area contributed by atoms with Gasteiger partial charge in [0.2, 0.25) is 5.91 Å². The molecule has 1 aliphatic heterocycles. The number of piperidine rings is 1. The molecule has 1 amide bonds. The van der Waals surface area contributed by atoms with Gasteiger partial charge in [0.1, 0.15) is 0 Å². The summed E-state index contributed by atoms with van der Waals surface area (Å²) in [6.07, 6.45) is 2.83. The number of rotatable bonds is 9. The van der Waals surface area contributed by atoms with E-state index in [1.807, 2.05) is 30.3 Å². The maximum Gasteiger partial charge on any atom is 0.220 e. The summed E-state index contributed by atoms with van der Waals surface area (Å²) in [5.41, 5.74) is 3.60. The summed E-state index contributed by atoms with van der Waals surface area (Å²) in [5.74, 6) is 0.660. The number of anilines is 2. The Hall–Kier alpha value is -3.11. The molecule has 0 saturated carbocycles. The van der Waals surface area contributed by atoms with Crippen LogP contribution in [0.4, 0.5) is 11.4 Å². The van der Waals surface area contributed by atoms with Gasteiger partial charge in [-0.05, 0) is 61.7 Å². The van der Waals surface area contributed by atoms with Gasteiger partial charge in [-0.15, -0.1) is 0 Å². The van der Waals surface area contributed by atoms with E-state index in [4.69, 9.17) is 0 Å². The molecule has 1 saturated heterocycles. The quantitative estimate of drug-likeness (QED) is 0.507. The number of likely N-dealkylation sites (tertiary alicyclic amines) is 1. The Morgan fingerprint density at radius 2 is 1.34 bits per heavy atom. The number of hydrogen-bond donors (Lipinski definition) is 1. The number of nitrogens with zero attached hydrogens (tertiary/aromatic N) is 2. The van der Waals surface area contributed by atoms with Crippen LogP contribution in [0.2, 0.25) is 0 Å². The molecule has 0 bridgehead atoms. The van der Waals surface area contributed by atoms with E-state index >= 15 is 0 Å². The standard InChI is InChI=1S/C28H33N3O/c32-28(29-23-25-10-4-1-5-11-25)22-24-16-18-30(19-17-24)20-21-31(26-12-6-2-7-13-26)27-14-8-3-9-15-27/h1-15,24H,16-23H2,(H,29,32). The Balaban J connectivity index is 1.23. The van der Waals surface area contributed by atoms with Gasteiger partial charge in [0.25, 0.3) is 0 Å². The van der Waals surface area contributed by atoms with Crippen molar-refractivity contribution in [1.82, 2.24) is 10.2 Å². The fraction of sp³-hybridized carbons (Fsp3) is 0.321. The summed E-state index contributed by atoms with van der Waals surface area (Å²) in [7, 11) is 0. The normalized spacial score (nSPS) is 14.8. The Bertz CT molecular complexity index is 899. The third kappa shape index (κ3) is 6.44. The molecule has 166 valence electrons. The van der Waals surface area contributed by atoms with Gasteiger partial charge in [-0.1, -0.05) is 66.7 Å². The van der Waals surface area contributed by atoms with Gasteiger partial charge >= 0.3 is 0 Å². The van der Waals surface area contributed by atoms with Gasteiger partial charge in [0.15, 0.2) is 0 Å². The van der Waals surface area contributed by atoms with Crippen molar-refractivity contribution in [3.8, 4) is 0 Å². The van der Waals surface area contributed by atoms with Crippen molar-refractivity contribution in [2.45, 2.75) is 25.8 Å². The van der Waals surface area contributed by atoms with Gasteiger partial charge in [0.05, 0.1) is 0 Å². The minimum absolute atomic E-state index is 0.173. The van der Waals surface area contributed by atoms with E-state index in [2.05, 4.69) is 75.8 Å². The van der Waals surface area contributed by atoms with Gasteiger partial charge in [-0.25, -0.2) is 0 Å². The van der Waals surface area contributed by atoms with Crippen LogP contribution in [-0.4, -0.2) is 37.0 Å². The van der Waals surface area contributed by atoms with Gasteiger partial charge in [-0.2, -0.15) is 0 Å². The van der Waals surface area contributed by atoms with Crippen molar-refractivity contribution in [3.63, 3.8) is 0 Å². The number of nitrogens with one attached hydrogen (secondary N) is 1. The topological polar surface area (TPSA) is 35.6 Å². The number of carbonyl (C=O) groups excluding carboxylic acids is 1. The van der Waals surface area contributed by atoms with Crippen molar-refractivity contribution in [3.05, 3.63) is 96.6 Å². The van der Waals surface area contributed by atoms with Gasteiger partial charge in [0, 0.05) is 37.4 Å². The van der Waals surface area contributed by atoms with Gasteiger partial charge < -0.3 is 15.1 Å². The minimum atomic E-state index is 0.173. The molecule has 0 radical (unpaired) electrons. The second-order valence-electron chi connectivity index (χ2n) is 8.57. The molecule has 0 aliphatic carbocycles. The van der Waals surface area contributed by atoms with Crippen molar-refractivity contribution >= 4 is 17.3 Å². The van der Waals surface area contributed by atoms with E-state index in [9.17, 15) is 4.79 Å². The van der Waals surface area contributed by atoms with Crippen LogP contribution in [-0.2, 0) is 11.3 Å². The zero-order valence-electron chi connectivity index (χ0n) is 18.7. The maximum absolute atomic E-state index is 12.4. The Morgan fingerprint density at radius 3 is 1.91 bits per heavy atom. The molecule has 3 aromatic carbocycles. The fourth-order valence-corrected chi connectivity index (χ4v) is 4.41. The molecule has 3 aromatic rings. The van der Waals surface area contributed by atoms with Crippen molar-refractivity contribution in [2.24, 2.45) is 5.92 Å². The SMILES string of the molecule is O=C(CC1CCN(CCN(c2ccccc2)c2ccccc2)CC1)NCc1ccccc1. The third-order valence-corrected chi connectivity index (χ3v) is 6.29. The monoisotopic (exact) mass is 427 g/mol. The highest BCUT2D eigenvalue weighted by molar-refractivity contribution is 5.76. The van der Waals surface area contributed by atoms with E-state index in [1.54, 1.807) is 0 Å². The van der Waals surface area contributed by atoms with E-state index in [0.717, 1.165) is 44.6 Å². The number of hydrogen-bond acceptors (Lipinski definition) is 3. The van der Waals surface area contributed by atoms with Crippen LogP contribution in [0.3, 0.4) is 0 Å². The molecule has 32 heavy (non-hydrogen) atoms. The molecular formula is C28H33N3O. The lowest BCUT2D eigenvalue weighted by atomic mass is 9.93. The summed E-state index contributed by atoms with van der Waals surface area (Å²) in [5, 5.41) is 3.07. The average molecular weight is 428 g/mol. The zero-order valence-corrected chi connectivity index (χ0v) is 18.7. The Morgan fingerprint density at radius 1 is 0.812 bits per heavy atom. The van der Waals surface area contributed by atoms with E-state index in [1.165, 1.54) is 11.4 Å². The average Bonchev–Trinajstić information content (AvgIpc) is 2.86. The maximum atomic E-state index is 12.4. The summed E-state index contributed by atoms with van der Waals surface area (Å²) < 4.78 is 0. The highest BCUT2D eigenvalue weighted by Crippen LogP contribution is 2.25. The number of amides is 1. The van der Waals surface area contributed by atoms with Crippen molar-refractivity contribution < 1.29 is 4.79 Å². The summed E-state index contributed by atoms with van der Waals surface area (Å²) in [6.45, 7) is 4.72. The highest BCUT2D eigenvalue weighted by atomic mass is 16.1. The van der Waals surface area contributed by atoms with Crippen LogP contribution in [0.15, 0.2) is 91.0 Å². The lowest BCUT2D eigenvalue weighted by Gasteiger charge is -2.34. The summed E-state index contributed by atoms with van der Waals surface area (Å²) in [6, 6.07) is 31.3. The molecular weight excluding hydrogens is 394 g/mol. The molecule has 4 heteroatoms. The lowest BCUT2D eigenvalue weighted by molar-refractivity contribution is -0.122. The zero-order chi connectivity index (χ0) is 22.0. The molecule has 0 atom stereocenters. The lowest BCUT2D eigenvalue weighted by Crippen LogP contribution is -2.39. The number of carbonyl (C=O) groups is 1. The van der Waals surface area contributed by atoms with Crippen LogP contribution in [0.25, 0.3) is 0 Å². The van der Waals surface area contributed by atoms with Crippen LogP contribution >= 0.6 is 0 Å². The molecule has 0 spiro atoms.